The van der Waals surface area contributed by atoms with Crippen LogP contribution in [0.25, 0.3) is 0 Å². The molecule has 7 rings (SSSR count). The zero-order chi connectivity index (χ0) is 46.7. The topological polar surface area (TPSA) is 154 Å². The van der Waals surface area contributed by atoms with E-state index in [1.807, 2.05) is 25.3 Å². The number of carbonyl (C=O) groups is 1. The summed E-state index contributed by atoms with van der Waals surface area (Å²) in [6.45, 7) is 5.61. The first-order valence-electron chi connectivity index (χ1n) is 25.6. The number of phenolic OH excluding ortho intramolecular Hbond substituents is 2. The van der Waals surface area contributed by atoms with Gasteiger partial charge in [-0.15, -0.1) is 0 Å². The predicted molar refractivity (Wildman–Crippen MR) is 263 cm³/mol. The van der Waals surface area contributed by atoms with Crippen LogP contribution in [0.1, 0.15) is 153 Å². The SMILES string of the molecule is CCCCCCOC(O)CC1CCC(CNC)(Oc2cc3cc(c2O)NC(=NC)NC#CCC2CCCC2(Cc2ccc(O)c(OC)c2)C(=O)C=CC2C(CCCC)CCC4CCCC342)C1. The molecule has 66 heavy (non-hydrogen) atoms. The van der Waals surface area contributed by atoms with Crippen LogP contribution in [0, 0.1) is 47.0 Å². The summed E-state index contributed by atoms with van der Waals surface area (Å²) in [5.74, 6) is 6.01. The van der Waals surface area contributed by atoms with Crippen molar-refractivity contribution in [3.8, 4) is 35.0 Å². The summed E-state index contributed by atoms with van der Waals surface area (Å²) in [7, 11) is 5.21. The third kappa shape index (κ3) is 10.9. The molecule has 11 nitrogen and oxygen atoms in total. The van der Waals surface area contributed by atoms with Gasteiger partial charge < -0.3 is 40.2 Å². The second-order valence-electron chi connectivity index (χ2n) is 20.5. The van der Waals surface area contributed by atoms with Crippen molar-refractivity contribution in [2.24, 2.45) is 40.0 Å². The van der Waals surface area contributed by atoms with Gasteiger partial charge in [0.15, 0.2) is 35.1 Å². The van der Waals surface area contributed by atoms with E-state index in [-0.39, 0.29) is 40.5 Å². The number of allylic oxidation sites excluding steroid dienone is 2. The third-order valence-electron chi connectivity index (χ3n) is 16.5. The van der Waals surface area contributed by atoms with Gasteiger partial charge in [0, 0.05) is 49.9 Å². The smallest absolute Gasteiger partial charge is 0.207 e. The summed E-state index contributed by atoms with van der Waals surface area (Å²) >= 11 is 0. The van der Waals surface area contributed by atoms with E-state index in [9.17, 15) is 15.3 Å². The molecule has 0 saturated heterocycles. The van der Waals surface area contributed by atoms with Crippen molar-refractivity contribution in [3.63, 3.8) is 0 Å². The number of aromatic hydroxyl groups is 2. The molecule has 1 aliphatic heterocycles. The molecule has 5 aliphatic rings. The highest BCUT2D eigenvalue weighted by Crippen LogP contribution is 2.61. The van der Waals surface area contributed by atoms with E-state index in [4.69, 9.17) is 14.2 Å². The van der Waals surface area contributed by atoms with Crippen LogP contribution in [-0.2, 0) is 21.4 Å². The second kappa shape index (κ2) is 22.7. The first kappa shape index (κ1) is 49.7. The highest BCUT2D eigenvalue weighted by molar-refractivity contribution is 5.97. The van der Waals surface area contributed by atoms with Gasteiger partial charge in [0.2, 0.25) is 5.96 Å². The van der Waals surface area contributed by atoms with Gasteiger partial charge in [0.25, 0.3) is 0 Å². The number of nitrogens with zero attached hydrogens (tertiary/aromatic N) is 1. The minimum atomic E-state index is -0.815. The number of hydrogen-bond acceptors (Lipinski definition) is 9. The van der Waals surface area contributed by atoms with E-state index in [0.29, 0.717) is 67.4 Å². The van der Waals surface area contributed by atoms with Gasteiger partial charge in [-0.1, -0.05) is 76.9 Å². The molecule has 1 heterocycles. The number of aliphatic hydroxyl groups excluding tert-OH is 1. The Hall–Kier alpha value is -4.24. The quantitative estimate of drug-likeness (QED) is 0.0369. The average molecular weight is 909 g/mol. The lowest BCUT2D eigenvalue weighted by Gasteiger charge is -2.50. The number of fused-ring (bicyclic) bond motifs is 3. The number of carbonyl (C=O) groups excluding carboxylic acids is 1. The lowest BCUT2D eigenvalue weighted by Crippen LogP contribution is -2.46. The lowest BCUT2D eigenvalue weighted by atomic mass is 9.54. The summed E-state index contributed by atoms with van der Waals surface area (Å²) in [6.07, 6.45) is 23.2. The third-order valence-corrected chi connectivity index (χ3v) is 16.5. The number of phenols is 2. The Labute approximate surface area is 395 Å². The maximum Gasteiger partial charge on any atom is 0.207 e. The molecule has 4 saturated carbocycles. The molecule has 0 aromatic heterocycles. The van der Waals surface area contributed by atoms with Crippen LogP contribution >= 0.6 is 0 Å². The molecule has 0 amide bonds. The number of aliphatic hydroxyl groups is 1. The van der Waals surface area contributed by atoms with Crippen molar-refractivity contribution in [3.05, 3.63) is 53.6 Å². The number of likely N-dealkylation sites (N-methyl/N-ethyl adjacent to an activating group) is 1. The number of guanidine groups is 1. The van der Waals surface area contributed by atoms with Gasteiger partial charge in [-0.05, 0) is 155 Å². The number of unbranched alkanes of at least 4 members (excludes halogenated alkanes) is 4. The number of ether oxygens (including phenoxy) is 3. The highest BCUT2D eigenvalue weighted by atomic mass is 16.6. The molecular weight excluding hydrogens is 829 g/mol. The summed E-state index contributed by atoms with van der Waals surface area (Å²) in [4.78, 5) is 19.9. The molecule has 0 radical (unpaired) electrons. The maximum absolute atomic E-state index is 15.3. The van der Waals surface area contributed by atoms with Crippen LogP contribution in [0.3, 0.4) is 0 Å². The van der Waals surface area contributed by atoms with Gasteiger partial charge in [0.05, 0.1) is 12.8 Å². The van der Waals surface area contributed by atoms with Crippen molar-refractivity contribution >= 4 is 17.4 Å². The monoisotopic (exact) mass is 909 g/mol. The number of ketones is 1. The van der Waals surface area contributed by atoms with Crippen molar-refractivity contribution in [1.82, 2.24) is 10.6 Å². The zero-order valence-corrected chi connectivity index (χ0v) is 40.7. The van der Waals surface area contributed by atoms with E-state index in [0.717, 1.165) is 120 Å². The Balaban J connectivity index is 1.30. The predicted octanol–water partition coefficient (Wildman–Crippen LogP) is 10.3. The average Bonchev–Trinajstić information content (AvgIpc) is 4.05. The molecule has 9 atom stereocenters. The largest absolute Gasteiger partial charge is 0.504 e. The fourth-order valence-corrected chi connectivity index (χ4v) is 13.2. The minimum absolute atomic E-state index is 0.0262. The van der Waals surface area contributed by atoms with Gasteiger partial charge in [-0.3, -0.25) is 15.1 Å². The van der Waals surface area contributed by atoms with E-state index in [2.05, 4.69) is 65.0 Å². The molecule has 2 aromatic rings. The summed E-state index contributed by atoms with van der Waals surface area (Å²) in [5, 5.41) is 43.8. The van der Waals surface area contributed by atoms with E-state index in [1.165, 1.54) is 6.42 Å². The minimum Gasteiger partial charge on any atom is -0.504 e. The zero-order valence-electron chi connectivity index (χ0n) is 40.7. The Kier molecular flexibility index (Phi) is 17.1. The number of rotatable bonds is 18. The first-order chi connectivity index (χ1) is 32.0. The van der Waals surface area contributed by atoms with Gasteiger partial charge in [-0.25, -0.2) is 0 Å². The highest BCUT2D eigenvalue weighted by Gasteiger charge is 2.55. The fraction of sp³-hybridized carbons (Fsp3) is 0.673. The molecule has 2 bridgehead atoms. The standard InChI is InChI=1S/C55H80N4O7/c1-6-8-10-11-30-65-50(62)32-39-25-28-53(35-39,37-56-3)66-48-34-43-33-45(51(48)63)59-52(57-4)58-29-14-18-41-16-12-26-54(41,36-38-19-23-46(60)47(31-38)64-5)49(61)24-22-44-40(15-9-7-2)20-21-42-17-13-27-55(42,43)44/h19,22-24,31,33-34,39-42,44,50,56,60,62-63H,6-13,15-18,20-21,25-28,30,32,35-37H2,1-5H3,(H2,57,58,59). The van der Waals surface area contributed by atoms with Crippen molar-refractivity contribution in [1.29, 1.82) is 0 Å². The molecule has 4 fully saturated rings. The molecule has 1 spiro atoms. The van der Waals surface area contributed by atoms with Crippen molar-refractivity contribution in [2.75, 3.05) is 39.7 Å². The van der Waals surface area contributed by atoms with Crippen LogP contribution in [-0.4, -0.2) is 73.3 Å². The number of nitrogens with one attached hydrogen (secondary N) is 3. The molecule has 2 aromatic carbocycles. The molecule has 4 aliphatic carbocycles. The Bertz CT molecular complexity index is 2080. The summed E-state index contributed by atoms with van der Waals surface area (Å²) < 4.78 is 18.6. The van der Waals surface area contributed by atoms with Gasteiger partial charge in [-0.2, -0.15) is 0 Å². The Morgan fingerprint density at radius 3 is 2.56 bits per heavy atom. The fourth-order valence-electron chi connectivity index (χ4n) is 13.2. The van der Waals surface area contributed by atoms with Crippen molar-refractivity contribution < 1.29 is 34.3 Å². The first-order valence-corrected chi connectivity index (χ1v) is 25.6. The summed E-state index contributed by atoms with van der Waals surface area (Å²) in [6, 6.07) is 12.9. The van der Waals surface area contributed by atoms with Crippen LogP contribution in [0.5, 0.6) is 23.0 Å². The van der Waals surface area contributed by atoms with Crippen molar-refractivity contribution in [2.45, 2.75) is 166 Å². The van der Waals surface area contributed by atoms with E-state index < -0.39 is 17.3 Å². The van der Waals surface area contributed by atoms with Crippen LogP contribution in [0.15, 0.2) is 47.5 Å². The molecule has 11 heteroatoms. The maximum atomic E-state index is 15.3. The van der Waals surface area contributed by atoms with E-state index in [1.54, 1.807) is 20.2 Å². The number of aliphatic imine (C=N–C) groups is 1. The van der Waals surface area contributed by atoms with Gasteiger partial charge in [0.1, 0.15) is 5.60 Å². The van der Waals surface area contributed by atoms with Crippen LogP contribution in [0.4, 0.5) is 5.69 Å². The van der Waals surface area contributed by atoms with E-state index >= 15 is 4.79 Å². The Morgan fingerprint density at radius 1 is 0.955 bits per heavy atom. The number of benzene rings is 2. The lowest BCUT2D eigenvalue weighted by molar-refractivity contribution is -0.125. The van der Waals surface area contributed by atoms with Crippen LogP contribution in [0.2, 0.25) is 0 Å². The number of anilines is 1. The normalized spacial score (nSPS) is 30.7. The molecule has 362 valence electrons. The molecule has 6 N–H and O–H groups in total. The second-order valence-corrected chi connectivity index (χ2v) is 20.5. The van der Waals surface area contributed by atoms with Crippen LogP contribution < -0.4 is 25.4 Å². The molecular formula is C55H80N4O7. The Morgan fingerprint density at radius 2 is 1.77 bits per heavy atom. The number of hydrogen-bond donors (Lipinski definition) is 6. The molecule has 9 unspecified atom stereocenters. The van der Waals surface area contributed by atoms with Gasteiger partial charge >= 0.3 is 0 Å². The summed E-state index contributed by atoms with van der Waals surface area (Å²) in [5.41, 5.74) is 1.04. The number of methoxy groups -OCH3 is 1.